The quantitative estimate of drug-likeness (QED) is 0.474. The summed E-state index contributed by atoms with van der Waals surface area (Å²) < 4.78 is 43.5. The Labute approximate surface area is 190 Å². The normalized spacial score (nSPS) is 13.7. The lowest BCUT2D eigenvalue weighted by atomic mass is 10.0. The van der Waals surface area contributed by atoms with Crippen molar-refractivity contribution in [3.8, 4) is 0 Å². The third kappa shape index (κ3) is 4.00. The number of fused-ring (bicyclic) bond motifs is 2. The maximum atomic E-state index is 13.1. The van der Waals surface area contributed by atoms with E-state index in [4.69, 9.17) is 4.42 Å². The molecule has 0 aliphatic carbocycles. The number of rotatable bonds is 4. The summed E-state index contributed by atoms with van der Waals surface area (Å²) in [7, 11) is 0. The molecule has 2 amide bonds. The molecule has 5 rings (SSSR count). The Hall–Kier alpha value is -4.15. The van der Waals surface area contributed by atoms with Crippen LogP contribution >= 0.6 is 0 Å². The van der Waals surface area contributed by atoms with Gasteiger partial charge in [-0.1, -0.05) is 18.2 Å². The van der Waals surface area contributed by atoms with Gasteiger partial charge in [0.25, 0.3) is 11.8 Å². The summed E-state index contributed by atoms with van der Waals surface area (Å²) >= 11 is 0. The van der Waals surface area contributed by atoms with E-state index >= 15 is 0 Å². The van der Waals surface area contributed by atoms with Crippen LogP contribution in [-0.4, -0.2) is 38.4 Å². The molecule has 1 aliphatic rings. The number of furan rings is 1. The van der Waals surface area contributed by atoms with Gasteiger partial charge < -0.3 is 14.6 Å². The molecule has 11 heteroatoms. The van der Waals surface area contributed by atoms with E-state index in [1.54, 1.807) is 11.0 Å². The smallest absolute Gasteiger partial charge is 0.417 e. The average Bonchev–Trinajstić information content (AvgIpc) is 3.46. The van der Waals surface area contributed by atoms with Crippen molar-refractivity contribution >= 4 is 22.8 Å². The van der Waals surface area contributed by atoms with Crippen LogP contribution in [0.25, 0.3) is 11.0 Å². The first kappa shape index (κ1) is 21.7. The Balaban J connectivity index is 1.29. The van der Waals surface area contributed by atoms with E-state index in [9.17, 15) is 22.8 Å². The van der Waals surface area contributed by atoms with Gasteiger partial charge in [0.15, 0.2) is 5.69 Å². The number of nitrogens with one attached hydrogen (secondary N) is 2. The number of aromatic amines is 1. The second-order valence-electron chi connectivity index (χ2n) is 7.87. The van der Waals surface area contributed by atoms with Crippen molar-refractivity contribution in [2.45, 2.75) is 25.7 Å². The molecule has 8 nitrogen and oxygen atoms in total. The van der Waals surface area contributed by atoms with E-state index in [0.717, 1.165) is 18.0 Å². The van der Waals surface area contributed by atoms with Crippen molar-refractivity contribution in [1.82, 2.24) is 25.4 Å². The average molecular weight is 469 g/mol. The summed E-state index contributed by atoms with van der Waals surface area (Å²) in [6.45, 7) is 0.567. The SMILES string of the molecule is O=C(NCc1ccc(C(F)(F)F)cn1)c1n[nH]c2c1CN(C(=O)c1coc3ccccc13)CC2. The molecule has 174 valence electrons. The summed E-state index contributed by atoms with van der Waals surface area (Å²) in [5.41, 5.74) is 1.97. The molecule has 1 aliphatic heterocycles. The fourth-order valence-electron chi connectivity index (χ4n) is 3.92. The van der Waals surface area contributed by atoms with Crippen molar-refractivity contribution < 1.29 is 27.2 Å². The zero-order valence-corrected chi connectivity index (χ0v) is 17.6. The highest BCUT2D eigenvalue weighted by molar-refractivity contribution is 6.06. The Morgan fingerprint density at radius 3 is 2.76 bits per heavy atom. The largest absolute Gasteiger partial charge is 0.463 e. The molecular formula is C23H18F3N5O3. The van der Waals surface area contributed by atoms with Gasteiger partial charge in [0.1, 0.15) is 11.8 Å². The van der Waals surface area contributed by atoms with Crippen LogP contribution in [0.15, 0.2) is 53.3 Å². The zero-order chi connectivity index (χ0) is 23.9. The summed E-state index contributed by atoms with van der Waals surface area (Å²) in [4.78, 5) is 31.3. The monoisotopic (exact) mass is 469 g/mol. The lowest BCUT2D eigenvalue weighted by molar-refractivity contribution is -0.137. The van der Waals surface area contributed by atoms with Crippen LogP contribution in [0.1, 0.15) is 43.4 Å². The highest BCUT2D eigenvalue weighted by Gasteiger charge is 2.31. The van der Waals surface area contributed by atoms with Gasteiger partial charge in [0.2, 0.25) is 0 Å². The molecule has 0 unspecified atom stereocenters. The van der Waals surface area contributed by atoms with Gasteiger partial charge in [-0.15, -0.1) is 0 Å². The van der Waals surface area contributed by atoms with E-state index in [1.807, 2.05) is 18.2 Å². The second-order valence-corrected chi connectivity index (χ2v) is 7.87. The maximum absolute atomic E-state index is 13.1. The van der Waals surface area contributed by atoms with Gasteiger partial charge >= 0.3 is 6.18 Å². The number of nitrogens with zero attached hydrogens (tertiary/aromatic N) is 3. The number of carbonyl (C=O) groups excluding carboxylic acids is 2. The molecule has 4 aromatic rings. The minimum Gasteiger partial charge on any atom is -0.463 e. The molecule has 4 heterocycles. The van der Waals surface area contributed by atoms with Gasteiger partial charge in [-0.25, -0.2) is 0 Å². The lowest BCUT2D eigenvalue weighted by Crippen LogP contribution is -2.36. The van der Waals surface area contributed by atoms with E-state index in [-0.39, 0.29) is 30.4 Å². The Kier molecular flexibility index (Phi) is 5.31. The van der Waals surface area contributed by atoms with E-state index in [1.165, 1.54) is 12.3 Å². The van der Waals surface area contributed by atoms with Gasteiger partial charge in [0, 0.05) is 35.8 Å². The van der Waals surface area contributed by atoms with Crippen LogP contribution in [0.3, 0.4) is 0 Å². The number of pyridine rings is 1. The molecule has 0 bridgehead atoms. The number of halogens is 3. The number of benzene rings is 1. The fourth-order valence-corrected chi connectivity index (χ4v) is 3.92. The number of H-pyrrole nitrogens is 1. The molecule has 0 saturated heterocycles. The minimum atomic E-state index is -4.48. The van der Waals surface area contributed by atoms with Crippen LogP contribution in [-0.2, 0) is 25.7 Å². The van der Waals surface area contributed by atoms with Crippen LogP contribution in [0.4, 0.5) is 13.2 Å². The topological polar surface area (TPSA) is 104 Å². The van der Waals surface area contributed by atoms with Crippen molar-refractivity contribution in [3.05, 3.63) is 82.6 Å². The molecule has 2 N–H and O–H groups in total. The highest BCUT2D eigenvalue weighted by atomic mass is 19.4. The summed E-state index contributed by atoms with van der Waals surface area (Å²) in [6.07, 6.45) is -1.82. The van der Waals surface area contributed by atoms with Crippen LogP contribution in [0.5, 0.6) is 0 Å². The van der Waals surface area contributed by atoms with E-state index in [0.29, 0.717) is 35.1 Å². The van der Waals surface area contributed by atoms with Crippen LogP contribution in [0, 0.1) is 0 Å². The Bertz CT molecular complexity index is 1370. The molecule has 1 aromatic carbocycles. The summed E-state index contributed by atoms with van der Waals surface area (Å²) in [5.74, 6) is -0.723. The van der Waals surface area contributed by atoms with E-state index in [2.05, 4.69) is 20.5 Å². The van der Waals surface area contributed by atoms with Crippen molar-refractivity contribution in [2.75, 3.05) is 6.54 Å². The number of hydrogen-bond acceptors (Lipinski definition) is 5. The summed E-state index contributed by atoms with van der Waals surface area (Å²) in [5, 5.41) is 10.3. The van der Waals surface area contributed by atoms with Crippen molar-refractivity contribution in [1.29, 1.82) is 0 Å². The third-order valence-corrected chi connectivity index (χ3v) is 5.73. The molecule has 34 heavy (non-hydrogen) atoms. The molecule has 0 radical (unpaired) electrons. The first-order valence-electron chi connectivity index (χ1n) is 10.4. The van der Waals surface area contributed by atoms with E-state index < -0.39 is 17.6 Å². The number of alkyl halides is 3. The maximum Gasteiger partial charge on any atom is 0.417 e. The predicted molar refractivity (Wildman–Crippen MR) is 114 cm³/mol. The second kappa shape index (κ2) is 8.32. The van der Waals surface area contributed by atoms with Crippen LogP contribution in [0.2, 0.25) is 0 Å². The third-order valence-electron chi connectivity index (χ3n) is 5.73. The molecule has 0 saturated carbocycles. The number of amides is 2. The fraction of sp³-hybridized carbons (Fsp3) is 0.217. The molecule has 0 fully saturated rings. The number of carbonyl (C=O) groups is 2. The molecule has 0 atom stereocenters. The highest BCUT2D eigenvalue weighted by Crippen LogP contribution is 2.29. The van der Waals surface area contributed by atoms with Crippen molar-refractivity contribution in [3.63, 3.8) is 0 Å². The molecular weight excluding hydrogens is 451 g/mol. The number of aromatic nitrogens is 3. The first-order chi connectivity index (χ1) is 16.3. The summed E-state index contributed by atoms with van der Waals surface area (Å²) in [6, 6.07) is 9.36. The number of hydrogen-bond donors (Lipinski definition) is 2. The lowest BCUT2D eigenvalue weighted by Gasteiger charge is -2.26. The Morgan fingerprint density at radius 2 is 2.00 bits per heavy atom. The van der Waals surface area contributed by atoms with Gasteiger partial charge in [-0.05, 0) is 18.2 Å². The zero-order valence-electron chi connectivity index (χ0n) is 17.6. The van der Waals surface area contributed by atoms with Gasteiger partial charge in [0.05, 0.1) is 29.9 Å². The number of para-hydroxylation sites is 1. The van der Waals surface area contributed by atoms with Gasteiger partial charge in [-0.3, -0.25) is 19.7 Å². The minimum absolute atomic E-state index is 0.0672. The Morgan fingerprint density at radius 1 is 1.18 bits per heavy atom. The molecule has 3 aromatic heterocycles. The van der Waals surface area contributed by atoms with Gasteiger partial charge in [-0.2, -0.15) is 18.3 Å². The standard InChI is InChI=1S/C23H18F3N5O3/c24-23(25,26)13-5-6-14(27-9-13)10-28-21(32)20-16-11-31(8-7-18(16)29-30-20)22(33)17-12-34-19-4-2-1-3-15(17)19/h1-6,9,12H,7-8,10-11H2,(H,28,32)(H,29,30). The molecule has 0 spiro atoms. The van der Waals surface area contributed by atoms with Crippen molar-refractivity contribution in [2.24, 2.45) is 0 Å². The first-order valence-corrected chi connectivity index (χ1v) is 10.4. The predicted octanol–water partition coefficient (Wildman–Crippen LogP) is 3.70. The van der Waals surface area contributed by atoms with Crippen LogP contribution < -0.4 is 5.32 Å².